The zero-order chi connectivity index (χ0) is 12.5. The summed E-state index contributed by atoms with van der Waals surface area (Å²) < 4.78 is 28.9. The van der Waals surface area contributed by atoms with Crippen LogP contribution in [0.3, 0.4) is 0 Å². The molecule has 0 spiro atoms. The van der Waals surface area contributed by atoms with Gasteiger partial charge in [0.2, 0.25) is 0 Å². The number of hydrogen-bond acceptors (Lipinski definition) is 1. The Labute approximate surface area is 104 Å². The molecule has 1 aromatic carbocycles. The van der Waals surface area contributed by atoms with Crippen molar-refractivity contribution in [2.24, 2.45) is 0 Å². The zero-order valence-electron chi connectivity index (χ0n) is 9.96. The third-order valence-corrected chi connectivity index (χ3v) is 3.71. The molecule has 3 rings (SSSR count). The van der Waals surface area contributed by atoms with Crippen LogP contribution in [0.5, 0.6) is 5.75 Å². The summed E-state index contributed by atoms with van der Waals surface area (Å²) in [6.45, 7) is -2.77. The molecule has 1 aliphatic rings. The van der Waals surface area contributed by atoms with Crippen molar-refractivity contribution in [3.63, 3.8) is 0 Å². The van der Waals surface area contributed by atoms with Gasteiger partial charge < -0.3 is 9.72 Å². The number of aromatic amines is 1. The SMILES string of the molecule is FC(F)Oc1ccc2[nH]cc(C3CCCC3)c2c1. The van der Waals surface area contributed by atoms with Gasteiger partial charge in [0.05, 0.1) is 0 Å². The molecule has 4 heteroatoms. The van der Waals surface area contributed by atoms with Crippen LogP contribution in [-0.2, 0) is 0 Å². The van der Waals surface area contributed by atoms with Crippen molar-refractivity contribution in [1.82, 2.24) is 4.98 Å². The first-order valence-electron chi connectivity index (χ1n) is 6.30. The third kappa shape index (κ3) is 2.07. The predicted octanol–water partition coefficient (Wildman–Crippen LogP) is 4.43. The molecular weight excluding hydrogens is 236 g/mol. The second kappa shape index (κ2) is 4.59. The lowest BCUT2D eigenvalue weighted by molar-refractivity contribution is -0.0497. The number of benzene rings is 1. The van der Waals surface area contributed by atoms with E-state index in [0.717, 1.165) is 10.9 Å². The summed E-state index contributed by atoms with van der Waals surface area (Å²) in [5, 5.41) is 1.01. The average molecular weight is 251 g/mol. The minimum Gasteiger partial charge on any atom is -0.435 e. The van der Waals surface area contributed by atoms with Crippen molar-refractivity contribution in [3.8, 4) is 5.75 Å². The summed E-state index contributed by atoms with van der Waals surface area (Å²) in [5.41, 5.74) is 2.22. The monoisotopic (exact) mass is 251 g/mol. The Balaban J connectivity index is 1.99. The molecule has 1 aliphatic carbocycles. The van der Waals surface area contributed by atoms with Crippen LogP contribution in [0.15, 0.2) is 24.4 Å². The van der Waals surface area contributed by atoms with Gasteiger partial charge in [-0.25, -0.2) is 0 Å². The Bertz CT molecular complexity index is 544. The molecule has 1 N–H and O–H groups in total. The standard InChI is InChI=1S/C14H15F2NO/c15-14(16)18-10-5-6-13-11(7-10)12(8-17-13)9-3-1-2-4-9/h5-9,14,17H,1-4H2. The van der Waals surface area contributed by atoms with E-state index < -0.39 is 6.61 Å². The van der Waals surface area contributed by atoms with Crippen LogP contribution in [0.25, 0.3) is 10.9 Å². The number of halogens is 2. The largest absolute Gasteiger partial charge is 0.435 e. The Hall–Kier alpha value is -1.58. The molecule has 0 aliphatic heterocycles. The minimum absolute atomic E-state index is 0.233. The minimum atomic E-state index is -2.77. The molecule has 2 aromatic rings. The summed E-state index contributed by atoms with van der Waals surface area (Å²) in [6.07, 6.45) is 6.89. The quantitative estimate of drug-likeness (QED) is 0.857. The van der Waals surface area contributed by atoms with Crippen LogP contribution in [0, 0.1) is 0 Å². The Morgan fingerprint density at radius 3 is 2.72 bits per heavy atom. The van der Waals surface area contributed by atoms with E-state index in [1.54, 1.807) is 18.2 Å². The van der Waals surface area contributed by atoms with Gasteiger partial charge >= 0.3 is 6.61 Å². The van der Waals surface area contributed by atoms with E-state index in [-0.39, 0.29) is 5.75 Å². The van der Waals surface area contributed by atoms with Gasteiger partial charge in [0.1, 0.15) is 5.75 Å². The number of ether oxygens (including phenoxy) is 1. The predicted molar refractivity (Wildman–Crippen MR) is 66.1 cm³/mol. The van der Waals surface area contributed by atoms with Crippen LogP contribution >= 0.6 is 0 Å². The fourth-order valence-corrected chi connectivity index (χ4v) is 2.87. The molecule has 1 saturated carbocycles. The van der Waals surface area contributed by atoms with Crippen LogP contribution in [0.1, 0.15) is 37.2 Å². The molecule has 18 heavy (non-hydrogen) atoms. The highest BCUT2D eigenvalue weighted by atomic mass is 19.3. The molecule has 0 radical (unpaired) electrons. The second-order valence-corrected chi connectivity index (χ2v) is 4.81. The normalized spacial score (nSPS) is 16.8. The summed E-state index contributed by atoms with van der Waals surface area (Å²) >= 11 is 0. The van der Waals surface area contributed by atoms with Crippen molar-refractivity contribution in [3.05, 3.63) is 30.0 Å². The molecular formula is C14H15F2NO. The van der Waals surface area contributed by atoms with E-state index in [1.165, 1.54) is 31.2 Å². The first-order chi connectivity index (χ1) is 8.74. The first-order valence-corrected chi connectivity index (χ1v) is 6.30. The van der Waals surface area contributed by atoms with Crippen LogP contribution in [0.2, 0.25) is 0 Å². The summed E-state index contributed by atoms with van der Waals surface area (Å²) in [5.74, 6) is 0.789. The van der Waals surface area contributed by atoms with Crippen LogP contribution in [-0.4, -0.2) is 11.6 Å². The Kier molecular flexibility index (Phi) is 2.94. The smallest absolute Gasteiger partial charge is 0.387 e. The van der Waals surface area contributed by atoms with Crippen LogP contribution < -0.4 is 4.74 Å². The molecule has 1 fully saturated rings. The van der Waals surface area contributed by atoms with E-state index in [0.29, 0.717) is 5.92 Å². The van der Waals surface area contributed by atoms with Crippen molar-refractivity contribution < 1.29 is 13.5 Å². The topological polar surface area (TPSA) is 25.0 Å². The van der Waals surface area contributed by atoms with Gasteiger partial charge in [0, 0.05) is 17.1 Å². The molecule has 96 valence electrons. The Morgan fingerprint density at radius 2 is 2.00 bits per heavy atom. The second-order valence-electron chi connectivity index (χ2n) is 4.81. The van der Waals surface area contributed by atoms with Crippen LogP contribution in [0.4, 0.5) is 8.78 Å². The molecule has 0 unspecified atom stereocenters. The van der Waals surface area contributed by atoms with E-state index in [4.69, 9.17) is 0 Å². The summed E-state index contributed by atoms with van der Waals surface area (Å²) in [4.78, 5) is 3.20. The average Bonchev–Trinajstić information content (AvgIpc) is 2.94. The number of nitrogens with one attached hydrogen (secondary N) is 1. The van der Waals surface area contributed by atoms with Crippen molar-refractivity contribution >= 4 is 10.9 Å². The summed E-state index contributed by atoms with van der Waals surface area (Å²) in [7, 11) is 0. The number of alkyl halides is 2. The van der Waals surface area contributed by atoms with E-state index in [2.05, 4.69) is 9.72 Å². The number of aromatic nitrogens is 1. The lowest BCUT2D eigenvalue weighted by atomic mass is 9.97. The highest BCUT2D eigenvalue weighted by Gasteiger charge is 2.20. The number of hydrogen-bond donors (Lipinski definition) is 1. The van der Waals surface area contributed by atoms with Crippen molar-refractivity contribution in [2.75, 3.05) is 0 Å². The zero-order valence-corrected chi connectivity index (χ0v) is 9.96. The fourth-order valence-electron chi connectivity index (χ4n) is 2.87. The molecule has 1 heterocycles. The highest BCUT2D eigenvalue weighted by molar-refractivity contribution is 5.85. The maximum atomic E-state index is 12.2. The Morgan fingerprint density at radius 1 is 1.22 bits per heavy atom. The highest BCUT2D eigenvalue weighted by Crippen LogP contribution is 2.38. The lowest BCUT2D eigenvalue weighted by Crippen LogP contribution is -2.01. The van der Waals surface area contributed by atoms with E-state index in [9.17, 15) is 8.78 Å². The van der Waals surface area contributed by atoms with Crippen molar-refractivity contribution in [2.45, 2.75) is 38.2 Å². The van der Waals surface area contributed by atoms with Gasteiger partial charge in [0.15, 0.2) is 0 Å². The van der Waals surface area contributed by atoms with Gasteiger partial charge in [0.25, 0.3) is 0 Å². The molecule has 0 atom stereocenters. The van der Waals surface area contributed by atoms with E-state index in [1.807, 2.05) is 6.20 Å². The summed E-state index contributed by atoms with van der Waals surface area (Å²) in [6, 6.07) is 5.08. The fraction of sp³-hybridized carbons (Fsp3) is 0.429. The number of rotatable bonds is 3. The van der Waals surface area contributed by atoms with Gasteiger partial charge in [-0.2, -0.15) is 8.78 Å². The van der Waals surface area contributed by atoms with Gasteiger partial charge in [-0.1, -0.05) is 12.8 Å². The van der Waals surface area contributed by atoms with Gasteiger partial charge in [-0.3, -0.25) is 0 Å². The van der Waals surface area contributed by atoms with Crippen molar-refractivity contribution in [1.29, 1.82) is 0 Å². The lowest BCUT2D eigenvalue weighted by Gasteiger charge is -2.08. The van der Waals surface area contributed by atoms with Gasteiger partial charge in [-0.05, 0) is 42.5 Å². The molecule has 0 amide bonds. The van der Waals surface area contributed by atoms with E-state index >= 15 is 0 Å². The number of fused-ring (bicyclic) bond motifs is 1. The maximum Gasteiger partial charge on any atom is 0.387 e. The first kappa shape index (κ1) is 11.5. The molecule has 0 bridgehead atoms. The molecule has 1 aromatic heterocycles. The maximum absolute atomic E-state index is 12.2. The molecule has 0 saturated heterocycles. The van der Waals surface area contributed by atoms with Gasteiger partial charge in [-0.15, -0.1) is 0 Å². The third-order valence-electron chi connectivity index (χ3n) is 3.71. The number of H-pyrrole nitrogens is 1. The molecule has 2 nitrogen and oxygen atoms in total.